The van der Waals surface area contributed by atoms with Crippen molar-refractivity contribution in [1.82, 2.24) is 4.90 Å². The molecule has 4 nitrogen and oxygen atoms in total. The molecule has 1 heterocycles. The number of hydrogen-bond donors (Lipinski definition) is 1. The predicted octanol–water partition coefficient (Wildman–Crippen LogP) is 0.577. The van der Waals surface area contributed by atoms with Gasteiger partial charge < -0.3 is 9.84 Å². The Morgan fingerprint density at radius 1 is 1.56 bits per heavy atom. The monoisotopic (exact) mass is 221 g/mol. The van der Waals surface area contributed by atoms with E-state index < -0.39 is 0 Å². The van der Waals surface area contributed by atoms with Crippen LogP contribution in [-0.2, 0) is 9.53 Å². The Labute approximate surface area is 94.4 Å². The molecule has 1 aromatic carbocycles. The SMILES string of the molecule is COC(=O)[C@@H]1CN1[C@H](CO)c1ccccc1. The number of methoxy groups -OCH3 is 1. The summed E-state index contributed by atoms with van der Waals surface area (Å²) in [7, 11) is 1.38. The zero-order valence-electron chi connectivity index (χ0n) is 9.17. The van der Waals surface area contributed by atoms with Gasteiger partial charge in [0.15, 0.2) is 0 Å². The van der Waals surface area contributed by atoms with Crippen LogP contribution in [0.25, 0.3) is 0 Å². The second kappa shape index (κ2) is 4.63. The first-order valence-electron chi connectivity index (χ1n) is 5.27. The summed E-state index contributed by atoms with van der Waals surface area (Å²) >= 11 is 0. The molecule has 1 unspecified atom stereocenters. The first-order chi connectivity index (χ1) is 7.77. The molecule has 1 aliphatic heterocycles. The lowest BCUT2D eigenvalue weighted by atomic mass is 10.1. The molecule has 0 aliphatic carbocycles. The van der Waals surface area contributed by atoms with Crippen molar-refractivity contribution in [2.45, 2.75) is 12.1 Å². The van der Waals surface area contributed by atoms with Gasteiger partial charge >= 0.3 is 5.97 Å². The number of carbonyl (C=O) groups is 1. The molecular weight excluding hydrogens is 206 g/mol. The van der Waals surface area contributed by atoms with Gasteiger partial charge in [0.1, 0.15) is 6.04 Å². The maximum Gasteiger partial charge on any atom is 0.324 e. The molecule has 0 saturated carbocycles. The van der Waals surface area contributed by atoms with E-state index in [9.17, 15) is 9.90 Å². The van der Waals surface area contributed by atoms with Gasteiger partial charge in [-0.2, -0.15) is 0 Å². The minimum absolute atomic E-state index is 0.0114. The van der Waals surface area contributed by atoms with Gasteiger partial charge in [-0.25, -0.2) is 0 Å². The summed E-state index contributed by atoms with van der Waals surface area (Å²) in [6.45, 7) is 0.671. The van der Waals surface area contributed by atoms with Crippen LogP contribution in [-0.4, -0.2) is 42.3 Å². The normalized spacial score (nSPS) is 24.9. The number of benzene rings is 1. The van der Waals surface area contributed by atoms with Crippen LogP contribution in [0.5, 0.6) is 0 Å². The van der Waals surface area contributed by atoms with Crippen LogP contribution in [0.1, 0.15) is 11.6 Å². The number of nitrogens with zero attached hydrogens (tertiary/aromatic N) is 1. The third-order valence-corrected chi connectivity index (χ3v) is 2.88. The van der Waals surface area contributed by atoms with Gasteiger partial charge in [-0.05, 0) is 5.56 Å². The van der Waals surface area contributed by atoms with E-state index in [-0.39, 0.29) is 24.7 Å². The fourth-order valence-electron chi connectivity index (χ4n) is 1.92. The number of esters is 1. The Hall–Kier alpha value is -1.39. The van der Waals surface area contributed by atoms with Gasteiger partial charge in [0.25, 0.3) is 0 Å². The molecule has 86 valence electrons. The lowest BCUT2D eigenvalue weighted by molar-refractivity contribution is -0.141. The molecule has 1 fully saturated rings. The van der Waals surface area contributed by atoms with E-state index in [4.69, 9.17) is 0 Å². The fourth-order valence-corrected chi connectivity index (χ4v) is 1.92. The Kier molecular flexibility index (Phi) is 3.22. The lowest BCUT2D eigenvalue weighted by Crippen LogP contribution is -2.21. The Morgan fingerprint density at radius 2 is 2.25 bits per heavy atom. The molecule has 0 bridgehead atoms. The van der Waals surface area contributed by atoms with E-state index in [2.05, 4.69) is 4.74 Å². The molecule has 16 heavy (non-hydrogen) atoms. The maximum absolute atomic E-state index is 11.3. The smallest absolute Gasteiger partial charge is 0.324 e. The zero-order valence-corrected chi connectivity index (χ0v) is 9.17. The summed E-state index contributed by atoms with van der Waals surface area (Å²) in [5, 5.41) is 9.37. The summed E-state index contributed by atoms with van der Waals surface area (Å²) in [6.07, 6.45) is 0. The number of ether oxygens (including phenoxy) is 1. The van der Waals surface area contributed by atoms with Crippen molar-refractivity contribution in [3.8, 4) is 0 Å². The largest absolute Gasteiger partial charge is 0.468 e. The van der Waals surface area contributed by atoms with Crippen molar-refractivity contribution in [3.63, 3.8) is 0 Å². The zero-order chi connectivity index (χ0) is 11.5. The Morgan fingerprint density at radius 3 is 2.81 bits per heavy atom. The maximum atomic E-state index is 11.3. The third kappa shape index (κ3) is 2.08. The molecule has 2 rings (SSSR count). The van der Waals surface area contributed by atoms with Crippen molar-refractivity contribution in [2.24, 2.45) is 0 Å². The van der Waals surface area contributed by atoms with E-state index in [0.717, 1.165) is 5.56 Å². The van der Waals surface area contributed by atoms with Crippen molar-refractivity contribution < 1.29 is 14.6 Å². The van der Waals surface area contributed by atoms with Crippen LogP contribution in [0.3, 0.4) is 0 Å². The molecule has 3 atom stereocenters. The van der Waals surface area contributed by atoms with E-state index in [1.165, 1.54) is 7.11 Å². The van der Waals surface area contributed by atoms with E-state index in [0.29, 0.717) is 6.54 Å². The molecule has 4 heteroatoms. The number of carbonyl (C=O) groups excluding carboxylic acids is 1. The van der Waals surface area contributed by atoms with Crippen LogP contribution >= 0.6 is 0 Å². The van der Waals surface area contributed by atoms with E-state index >= 15 is 0 Å². The molecule has 1 N–H and O–H groups in total. The second-order valence-electron chi connectivity index (χ2n) is 3.84. The van der Waals surface area contributed by atoms with Gasteiger partial charge in [0, 0.05) is 6.54 Å². The average Bonchev–Trinajstić information content (AvgIpc) is 3.11. The first kappa shape index (κ1) is 11.1. The number of hydrogen-bond acceptors (Lipinski definition) is 4. The quantitative estimate of drug-likeness (QED) is 0.597. The van der Waals surface area contributed by atoms with Crippen molar-refractivity contribution >= 4 is 5.97 Å². The van der Waals surface area contributed by atoms with Gasteiger partial charge in [0.05, 0.1) is 19.8 Å². The molecule has 0 aromatic heterocycles. The summed E-state index contributed by atoms with van der Waals surface area (Å²) < 4.78 is 4.67. The van der Waals surface area contributed by atoms with Gasteiger partial charge in [-0.15, -0.1) is 0 Å². The van der Waals surface area contributed by atoms with Gasteiger partial charge in [0.2, 0.25) is 0 Å². The second-order valence-corrected chi connectivity index (χ2v) is 3.84. The van der Waals surface area contributed by atoms with E-state index in [1.54, 1.807) is 0 Å². The summed E-state index contributed by atoms with van der Waals surface area (Å²) in [5.74, 6) is -0.227. The number of aliphatic hydroxyl groups is 1. The number of rotatable bonds is 4. The average molecular weight is 221 g/mol. The van der Waals surface area contributed by atoms with Crippen molar-refractivity contribution in [2.75, 3.05) is 20.3 Å². The highest BCUT2D eigenvalue weighted by Crippen LogP contribution is 2.32. The first-order valence-corrected chi connectivity index (χ1v) is 5.27. The molecular formula is C12H15NO3. The Bertz CT molecular complexity index is 366. The van der Waals surface area contributed by atoms with Crippen LogP contribution in [0.15, 0.2) is 30.3 Å². The van der Waals surface area contributed by atoms with Crippen molar-refractivity contribution in [3.05, 3.63) is 35.9 Å². The van der Waals surface area contributed by atoms with Gasteiger partial charge in [-0.1, -0.05) is 30.3 Å². The molecule has 0 amide bonds. The summed E-state index contributed by atoms with van der Waals surface area (Å²) in [6, 6.07) is 9.38. The molecule has 0 radical (unpaired) electrons. The minimum Gasteiger partial charge on any atom is -0.468 e. The Balaban J connectivity index is 2.06. The topological polar surface area (TPSA) is 49.5 Å². The molecule has 1 aliphatic rings. The molecule has 1 aromatic rings. The van der Waals surface area contributed by atoms with Gasteiger partial charge in [-0.3, -0.25) is 9.69 Å². The molecule has 0 spiro atoms. The summed E-state index contributed by atoms with van der Waals surface area (Å²) in [5.41, 5.74) is 1.02. The standard InChI is InChI=1S/C12H15NO3/c1-16-12(15)10-7-13(10)11(8-14)9-5-3-2-4-6-9/h2-6,10-11,14H,7-8H2,1H3/t10-,11+,13?/m0/s1. The highest BCUT2D eigenvalue weighted by atomic mass is 16.5. The minimum atomic E-state index is -0.227. The lowest BCUT2D eigenvalue weighted by Gasteiger charge is -2.16. The fraction of sp³-hybridized carbons (Fsp3) is 0.417. The van der Waals surface area contributed by atoms with Crippen LogP contribution < -0.4 is 0 Å². The van der Waals surface area contributed by atoms with Crippen molar-refractivity contribution in [1.29, 1.82) is 0 Å². The number of aliphatic hydroxyl groups excluding tert-OH is 1. The third-order valence-electron chi connectivity index (χ3n) is 2.88. The highest BCUT2D eigenvalue weighted by Gasteiger charge is 2.45. The van der Waals surface area contributed by atoms with E-state index in [1.807, 2.05) is 35.2 Å². The van der Waals surface area contributed by atoms with Crippen LogP contribution in [0, 0.1) is 0 Å². The van der Waals surface area contributed by atoms with Crippen LogP contribution in [0.4, 0.5) is 0 Å². The van der Waals surface area contributed by atoms with Crippen LogP contribution in [0.2, 0.25) is 0 Å². The highest BCUT2D eigenvalue weighted by molar-refractivity contribution is 5.79. The predicted molar refractivity (Wildman–Crippen MR) is 58.8 cm³/mol. The molecule has 1 saturated heterocycles. The summed E-state index contributed by atoms with van der Waals surface area (Å²) in [4.78, 5) is 13.2.